The number of piperazine rings is 1. The van der Waals surface area contributed by atoms with Crippen LogP contribution >= 0.6 is 0 Å². The number of esters is 1. The lowest BCUT2D eigenvalue weighted by atomic mass is 10.2. The molecule has 1 saturated heterocycles. The average molecular weight is 261 g/mol. The number of aromatic nitrogens is 1. The molecule has 0 spiro atoms. The second-order valence-corrected chi connectivity index (χ2v) is 5.15. The topological polar surface area (TPSA) is 45.7 Å². The molecule has 2 aliphatic rings. The number of carbonyl (C=O) groups excluding carboxylic acids is 1. The number of methoxy groups -OCH3 is 1. The Kier molecular flexibility index (Phi) is 3.38. The van der Waals surface area contributed by atoms with Crippen LogP contribution in [0, 0.1) is 0 Å². The van der Waals surface area contributed by atoms with Crippen LogP contribution in [-0.4, -0.2) is 55.2 Å². The van der Waals surface area contributed by atoms with Gasteiger partial charge in [0, 0.05) is 38.4 Å². The van der Waals surface area contributed by atoms with Gasteiger partial charge in [0.05, 0.1) is 12.7 Å². The average Bonchev–Trinajstić information content (AvgIpc) is 3.31. The Morgan fingerprint density at radius 1 is 1.32 bits per heavy atom. The number of anilines is 1. The molecule has 0 bridgehead atoms. The molecule has 1 saturated carbocycles. The summed E-state index contributed by atoms with van der Waals surface area (Å²) in [4.78, 5) is 20.7. The zero-order valence-corrected chi connectivity index (χ0v) is 11.2. The Hall–Kier alpha value is -1.62. The molecule has 1 aromatic rings. The van der Waals surface area contributed by atoms with Crippen LogP contribution in [0.3, 0.4) is 0 Å². The first-order valence-electron chi connectivity index (χ1n) is 6.81. The van der Waals surface area contributed by atoms with Gasteiger partial charge in [-0.25, -0.2) is 9.78 Å². The van der Waals surface area contributed by atoms with Gasteiger partial charge in [-0.1, -0.05) is 0 Å². The van der Waals surface area contributed by atoms with Gasteiger partial charge in [0.2, 0.25) is 0 Å². The van der Waals surface area contributed by atoms with Crippen molar-refractivity contribution in [1.82, 2.24) is 9.88 Å². The Morgan fingerprint density at radius 3 is 2.68 bits per heavy atom. The van der Waals surface area contributed by atoms with E-state index in [9.17, 15) is 4.79 Å². The zero-order chi connectivity index (χ0) is 13.2. The summed E-state index contributed by atoms with van der Waals surface area (Å²) in [6.45, 7) is 4.14. The first-order chi connectivity index (χ1) is 9.28. The first kappa shape index (κ1) is 12.4. The molecule has 0 amide bonds. The van der Waals surface area contributed by atoms with Crippen molar-refractivity contribution in [3.8, 4) is 0 Å². The van der Waals surface area contributed by atoms with Gasteiger partial charge < -0.3 is 9.64 Å². The van der Waals surface area contributed by atoms with Gasteiger partial charge in [-0.2, -0.15) is 0 Å². The van der Waals surface area contributed by atoms with Gasteiger partial charge in [-0.15, -0.1) is 0 Å². The molecule has 0 atom stereocenters. The van der Waals surface area contributed by atoms with E-state index in [2.05, 4.69) is 14.8 Å². The van der Waals surface area contributed by atoms with E-state index in [0.717, 1.165) is 38.0 Å². The van der Waals surface area contributed by atoms with Crippen LogP contribution in [0.1, 0.15) is 23.2 Å². The lowest BCUT2D eigenvalue weighted by molar-refractivity contribution is 0.0600. The minimum atomic E-state index is -0.305. The maximum Gasteiger partial charge on any atom is 0.338 e. The molecule has 0 aromatic carbocycles. The molecule has 5 nitrogen and oxygen atoms in total. The van der Waals surface area contributed by atoms with Crippen LogP contribution in [0.25, 0.3) is 0 Å². The molecule has 102 valence electrons. The minimum absolute atomic E-state index is 0.305. The van der Waals surface area contributed by atoms with E-state index in [0.29, 0.717) is 5.56 Å². The maximum absolute atomic E-state index is 11.5. The highest BCUT2D eigenvalue weighted by Crippen LogP contribution is 2.28. The third-order valence-corrected chi connectivity index (χ3v) is 3.87. The molecule has 1 aliphatic carbocycles. The lowest BCUT2D eigenvalue weighted by Gasteiger charge is -2.35. The third-order valence-electron chi connectivity index (χ3n) is 3.87. The van der Waals surface area contributed by atoms with E-state index in [4.69, 9.17) is 4.74 Å². The number of carbonyl (C=O) groups is 1. The van der Waals surface area contributed by atoms with Gasteiger partial charge >= 0.3 is 5.97 Å². The van der Waals surface area contributed by atoms with Gasteiger partial charge in [0.1, 0.15) is 5.82 Å². The van der Waals surface area contributed by atoms with Gasteiger partial charge in [0.15, 0.2) is 0 Å². The summed E-state index contributed by atoms with van der Waals surface area (Å²) in [5.41, 5.74) is 0.567. The van der Waals surface area contributed by atoms with Gasteiger partial charge in [-0.3, -0.25) is 4.90 Å². The predicted octanol–water partition coefficient (Wildman–Crippen LogP) is 1.15. The molecule has 0 N–H and O–H groups in total. The number of rotatable bonds is 3. The Morgan fingerprint density at radius 2 is 2.05 bits per heavy atom. The van der Waals surface area contributed by atoms with Crippen LogP contribution in [0.2, 0.25) is 0 Å². The summed E-state index contributed by atoms with van der Waals surface area (Å²) in [6, 6.07) is 4.34. The van der Waals surface area contributed by atoms with E-state index < -0.39 is 0 Å². The van der Waals surface area contributed by atoms with E-state index in [-0.39, 0.29) is 5.97 Å². The first-order valence-corrected chi connectivity index (χ1v) is 6.81. The van der Waals surface area contributed by atoms with Crippen molar-refractivity contribution in [2.24, 2.45) is 0 Å². The minimum Gasteiger partial charge on any atom is -0.465 e. The molecule has 5 heteroatoms. The number of ether oxygens (including phenoxy) is 1. The normalized spacial score (nSPS) is 20.4. The molecular formula is C14H19N3O2. The zero-order valence-electron chi connectivity index (χ0n) is 11.2. The van der Waals surface area contributed by atoms with E-state index in [1.165, 1.54) is 20.0 Å². The van der Waals surface area contributed by atoms with Crippen molar-refractivity contribution in [2.45, 2.75) is 18.9 Å². The van der Waals surface area contributed by atoms with Crippen molar-refractivity contribution >= 4 is 11.8 Å². The summed E-state index contributed by atoms with van der Waals surface area (Å²) in [6.07, 6.45) is 4.39. The van der Waals surface area contributed by atoms with Crippen LogP contribution in [0.5, 0.6) is 0 Å². The van der Waals surface area contributed by atoms with Gasteiger partial charge in [-0.05, 0) is 25.0 Å². The fourth-order valence-corrected chi connectivity index (χ4v) is 2.59. The Labute approximate surface area is 113 Å². The molecule has 3 rings (SSSR count). The van der Waals surface area contributed by atoms with Crippen LogP contribution < -0.4 is 4.90 Å². The summed E-state index contributed by atoms with van der Waals surface area (Å²) in [5, 5.41) is 0. The third kappa shape index (κ3) is 2.71. The van der Waals surface area contributed by atoms with Crippen molar-refractivity contribution in [2.75, 3.05) is 38.2 Å². The number of hydrogen-bond acceptors (Lipinski definition) is 5. The molecule has 2 heterocycles. The fraction of sp³-hybridized carbons (Fsp3) is 0.571. The number of pyridine rings is 1. The Balaban J connectivity index is 1.67. The highest BCUT2D eigenvalue weighted by atomic mass is 16.5. The molecule has 0 radical (unpaired) electrons. The van der Waals surface area contributed by atoms with Gasteiger partial charge in [0.25, 0.3) is 0 Å². The largest absolute Gasteiger partial charge is 0.465 e. The molecular weight excluding hydrogens is 242 g/mol. The molecule has 1 aliphatic heterocycles. The van der Waals surface area contributed by atoms with E-state index in [1.807, 2.05) is 6.07 Å². The summed E-state index contributed by atoms with van der Waals surface area (Å²) < 4.78 is 4.74. The predicted molar refractivity (Wildman–Crippen MR) is 72.4 cm³/mol. The molecule has 2 fully saturated rings. The molecule has 0 unspecified atom stereocenters. The highest BCUT2D eigenvalue weighted by Gasteiger charge is 2.31. The van der Waals surface area contributed by atoms with E-state index >= 15 is 0 Å². The highest BCUT2D eigenvalue weighted by molar-refractivity contribution is 5.90. The van der Waals surface area contributed by atoms with Crippen molar-refractivity contribution < 1.29 is 9.53 Å². The van der Waals surface area contributed by atoms with Crippen LogP contribution in [-0.2, 0) is 4.74 Å². The quantitative estimate of drug-likeness (QED) is 0.764. The van der Waals surface area contributed by atoms with Crippen molar-refractivity contribution in [3.05, 3.63) is 23.9 Å². The summed E-state index contributed by atoms with van der Waals surface area (Å²) in [5.74, 6) is 0.568. The number of nitrogens with zero attached hydrogens (tertiary/aromatic N) is 3. The second-order valence-electron chi connectivity index (χ2n) is 5.15. The van der Waals surface area contributed by atoms with Crippen molar-refractivity contribution in [1.29, 1.82) is 0 Å². The summed E-state index contributed by atoms with van der Waals surface area (Å²) in [7, 11) is 1.40. The lowest BCUT2D eigenvalue weighted by Crippen LogP contribution is -2.47. The van der Waals surface area contributed by atoms with Crippen LogP contribution in [0.15, 0.2) is 18.3 Å². The Bertz CT molecular complexity index is 466. The standard InChI is InChI=1S/C14H19N3O2/c1-19-14(18)11-4-5-15-13(10-11)17-8-6-16(7-9-17)12-2-3-12/h4-5,10,12H,2-3,6-9H2,1H3. The number of hydrogen-bond donors (Lipinski definition) is 0. The van der Waals surface area contributed by atoms with Crippen LogP contribution in [0.4, 0.5) is 5.82 Å². The molecule has 1 aromatic heterocycles. The monoisotopic (exact) mass is 261 g/mol. The SMILES string of the molecule is COC(=O)c1ccnc(N2CCN(C3CC3)CC2)c1. The summed E-state index contributed by atoms with van der Waals surface area (Å²) >= 11 is 0. The smallest absolute Gasteiger partial charge is 0.338 e. The fourth-order valence-electron chi connectivity index (χ4n) is 2.59. The van der Waals surface area contributed by atoms with E-state index in [1.54, 1.807) is 12.3 Å². The molecule has 19 heavy (non-hydrogen) atoms. The second kappa shape index (κ2) is 5.17. The van der Waals surface area contributed by atoms with Crippen molar-refractivity contribution in [3.63, 3.8) is 0 Å². The maximum atomic E-state index is 11.5.